The molecule has 1 N–H and O–H groups in total. The maximum atomic E-state index is 11.7. The maximum absolute atomic E-state index is 11.7. The van der Waals surface area contributed by atoms with Gasteiger partial charge in [0.05, 0.1) is 12.6 Å². The number of ether oxygens (including phenoxy) is 1. The molecule has 1 aliphatic rings. The van der Waals surface area contributed by atoms with E-state index in [0.717, 1.165) is 39.1 Å². The molecule has 1 heterocycles. The summed E-state index contributed by atoms with van der Waals surface area (Å²) < 4.78 is 5.55. The molecule has 1 rings (SSSR count). The Morgan fingerprint density at radius 2 is 2.18 bits per heavy atom. The summed E-state index contributed by atoms with van der Waals surface area (Å²) in [6.07, 6.45) is 5.09. The fourth-order valence-corrected chi connectivity index (χ4v) is 2.21. The number of nitrogens with one attached hydrogen (secondary N) is 1. The lowest BCUT2D eigenvalue weighted by Gasteiger charge is -2.18. The van der Waals surface area contributed by atoms with E-state index in [1.54, 1.807) is 0 Å². The first-order valence-electron chi connectivity index (χ1n) is 6.88. The maximum Gasteiger partial charge on any atom is 0.236 e. The van der Waals surface area contributed by atoms with E-state index in [4.69, 9.17) is 4.74 Å². The first-order valence-corrected chi connectivity index (χ1v) is 6.88. The van der Waals surface area contributed by atoms with Gasteiger partial charge in [-0.2, -0.15) is 0 Å². The van der Waals surface area contributed by atoms with E-state index >= 15 is 0 Å². The highest BCUT2D eigenvalue weighted by Gasteiger charge is 2.14. The van der Waals surface area contributed by atoms with Crippen LogP contribution in [-0.4, -0.2) is 49.7 Å². The number of nitrogens with zero attached hydrogens (tertiary/aromatic N) is 1. The monoisotopic (exact) mass is 242 g/mol. The highest BCUT2D eigenvalue weighted by atomic mass is 16.5. The fraction of sp³-hybridized carbons (Fsp3) is 0.923. The Morgan fingerprint density at radius 1 is 1.41 bits per heavy atom. The molecule has 0 aromatic carbocycles. The van der Waals surface area contributed by atoms with Gasteiger partial charge < -0.3 is 15.0 Å². The minimum Gasteiger partial charge on any atom is -0.378 e. The highest BCUT2D eigenvalue weighted by Crippen LogP contribution is 2.16. The molecule has 0 radical (unpaired) electrons. The number of carbonyl (C=O) groups is 1. The second kappa shape index (κ2) is 8.48. The smallest absolute Gasteiger partial charge is 0.236 e. The van der Waals surface area contributed by atoms with Crippen molar-refractivity contribution in [2.45, 2.75) is 45.6 Å². The number of carbonyl (C=O) groups excluding carboxylic acids is 1. The van der Waals surface area contributed by atoms with Gasteiger partial charge in [0.15, 0.2) is 0 Å². The summed E-state index contributed by atoms with van der Waals surface area (Å²) in [5.41, 5.74) is 0. The van der Waals surface area contributed by atoms with Crippen LogP contribution in [0.15, 0.2) is 0 Å². The number of amides is 1. The molecular formula is C13H26N2O2. The van der Waals surface area contributed by atoms with Crippen molar-refractivity contribution in [3.63, 3.8) is 0 Å². The summed E-state index contributed by atoms with van der Waals surface area (Å²) in [5.74, 6) is 0.201. The van der Waals surface area contributed by atoms with Crippen LogP contribution in [0, 0.1) is 0 Å². The predicted octanol–water partition coefficient (Wildman–Crippen LogP) is 1.40. The van der Waals surface area contributed by atoms with Gasteiger partial charge in [-0.3, -0.25) is 4.79 Å². The minimum absolute atomic E-state index is 0.201. The van der Waals surface area contributed by atoms with E-state index in [-0.39, 0.29) is 5.91 Å². The number of likely N-dealkylation sites (N-methyl/N-ethyl adjacent to an activating group) is 1. The first-order chi connectivity index (χ1) is 8.27. The average Bonchev–Trinajstić information content (AvgIpc) is 2.83. The van der Waals surface area contributed by atoms with Crippen molar-refractivity contribution in [1.82, 2.24) is 10.2 Å². The molecule has 1 aliphatic heterocycles. The molecule has 0 aromatic rings. The van der Waals surface area contributed by atoms with Gasteiger partial charge in [-0.25, -0.2) is 0 Å². The normalized spacial score (nSPS) is 19.5. The predicted molar refractivity (Wildman–Crippen MR) is 69.0 cm³/mol. The van der Waals surface area contributed by atoms with Gasteiger partial charge in [-0.05, 0) is 46.1 Å². The van der Waals surface area contributed by atoms with Crippen LogP contribution in [0.5, 0.6) is 0 Å². The van der Waals surface area contributed by atoms with Crippen LogP contribution in [-0.2, 0) is 9.53 Å². The van der Waals surface area contributed by atoms with Crippen LogP contribution in [0.1, 0.15) is 39.5 Å². The van der Waals surface area contributed by atoms with Crippen LogP contribution in [0.3, 0.4) is 0 Å². The zero-order valence-corrected chi connectivity index (χ0v) is 11.2. The van der Waals surface area contributed by atoms with E-state index in [1.807, 2.05) is 18.7 Å². The topological polar surface area (TPSA) is 41.6 Å². The van der Waals surface area contributed by atoms with E-state index in [0.29, 0.717) is 12.6 Å². The Kier molecular flexibility index (Phi) is 7.21. The third kappa shape index (κ3) is 5.50. The summed E-state index contributed by atoms with van der Waals surface area (Å²) in [6, 6.07) is 0. The van der Waals surface area contributed by atoms with Crippen LogP contribution in [0.2, 0.25) is 0 Å². The van der Waals surface area contributed by atoms with Crippen molar-refractivity contribution in [1.29, 1.82) is 0 Å². The summed E-state index contributed by atoms with van der Waals surface area (Å²) in [5, 5.41) is 3.21. The molecule has 4 heteroatoms. The molecule has 1 atom stereocenters. The van der Waals surface area contributed by atoms with Gasteiger partial charge in [-0.15, -0.1) is 0 Å². The van der Waals surface area contributed by atoms with Crippen LogP contribution in [0.25, 0.3) is 0 Å². The molecule has 1 unspecified atom stereocenters. The number of rotatable bonds is 8. The number of hydrogen-bond acceptors (Lipinski definition) is 3. The van der Waals surface area contributed by atoms with E-state index in [1.165, 1.54) is 12.8 Å². The lowest BCUT2D eigenvalue weighted by molar-refractivity contribution is -0.129. The second-order valence-electron chi connectivity index (χ2n) is 4.52. The lowest BCUT2D eigenvalue weighted by atomic mass is 10.1. The van der Waals surface area contributed by atoms with Crippen molar-refractivity contribution >= 4 is 5.91 Å². The van der Waals surface area contributed by atoms with Crippen LogP contribution in [0.4, 0.5) is 0 Å². The van der Waals surface area contributed by atoms with Crippen molar-refractivity contribution in [3.8, 4) is 0 Å². The first kappa shape index (κ1) is 14.5. The summed E-state index contributed by atoms with van der Waals surface area (Å²) in [7, 11) is 0. The van der Waals surface area contributed by atoms with Crippen molar-refractivity contribution in [2.24, 2.45) is 0 Å². The van der Waals surface area contributed by atoms with E-state index < -0.39 is 0 Å². The zero-order valence-electron chi connectivity index (χ0n) is 11.2. The Bertz CT molecular complexity index is 211. The molecule has 0 aromatic heterocycles. The van der Waals surface area contributed by atoms with Crippen molar-refractivity contribution in [3.05, 3.63) is 0 Å². The van der Waals surface area contributed by atoms with Gasteiger partial charge in [0.1, 0.15) is 0 Å². The van der Waals surface area contributed by atoms with E-state index in [2.05, 4.69) is 5.32 Å². The molecule has 0 aliphatic carbocycles. The van der Waals surface area contributed by atoms with Crippen LogP contribution >= 0.6 is 0 Å². The van der Waals surface area contributed by atoms with Gasteiger partial charge in [0.25, 0.3) is 0 Å². The Hall–Kier alpha value is -0.610. The molecule has 4 nitrogen and oxygen atoms in total. The molecule has 0 saturated carbocycles. The standard InChI is InChI=1S/C13H26N2O2/c1-3-15(4-2)13(16)11-14-9-5-7-12-8-6-10-17-12/h12,14H,3-11H2,1-2H3. The summed E-state index contributed by atoms with van der Waals surface area (Å²) >= 11 is 0. The Morgan fingerprint density at radius 3 is 2.76 bits per heavy atom. The van der Waals surface area contributed by atoms with Gasteiger partial charge >= 0.3 is 0 Å². The van der Waals surface area contributed by atoms with Crippen molar-refractivity contribution in [2.75, 3.05) is 32.8 Å². The average molecular weight is 242 g/mol. The Labute approximate surface area is 105 Å². The third-order valence-electron chi connectivity index (χ3n) is 3.30. The van der Waals surface area contributed by atoms with Gasteiger partial charge in [0, 0.05) is 19.7 Å². The highest BCUT2D eigenvalue weighted by molar-refractivity contribution is 5.78. The largest absolute Gasteiger partial charge is 0.378 e. The molecular weight excluding hydrogens is 216 g/mol. The lowest BCUT2D eigenvalue weighted by Crippen LogP contribution is -2.38. The van der Waals surface area contributed by atoms with Crippen LogP contribution < -0.4 is 5.32 Å². The molecule has 100 valence electrons. The molecule has 0 spiro atoms. The fourth-order valence-electron chi connectivity index (χ4n) is 2.21. The molecule has 1 fully saturated rings. The zero-order chi connectivity index (χ0) is 12.5. The molecule has 1 amide bonds. The molecule has 0 bridgehead atoms. The third-order valence-corrected chi connectivity index (χ3v) is 3.30. The summed E-state index contributed by atoms with van der Waals surface area (Å²) in [6.45, 7) is 7.93. The van der Waals surface area contributed by atoms with E-state index in [9.17, 15) is 4.79 Å². The molecule has 1 saturated heterocycles. The molecule has 17 heavy (non-hydrogen) atoms. The van der Waals surface area contributed by atoms with Gasteiger partial charge in [-0.1, -0.05) is 0 Å². The second-order valence-corrected chi connectivity index (χ2v) is 4.52. The van der Waals surface area contributed by atoms with Crippen molar-refractivity contribution < 1.29 is 9.53 Å². The Balaban J connectivity index is 1.97. The quantitative estimate of drug-likeness (QED) is 0.654. The number of hydrogen-bond donors (Lipinski definition) is 1. The SMILES string of the molecule is CCN(CC)C(=O)CNCCCC1CCCO1. The van der Waals surface area contributed by atoms with Gasteiger partial charge in [0.2, 0.25) is 5.91 Å². The summed E-state index contributed by atoms with van der Waals surface area (Å²) in [4.78, 5) is 13.5. The minimum atomic E-state index is 0.201.